The average molecular weight is 527 g/mol. The van der Waals surface area contributed by atoms with E-state index in [0.717, 1.165) is 43.1 Å². The Balaban J connectivity index is 1.36. The molecule has 1 aliphatic rings. The maximum Gasteiger partial charge on any atom is 0.326 e. The van der Waals surface area contributed by atoms with Gasteiger partial charge in [0.25, 0.3) is 0 Å². The van der Waals surface area contributed by atoms with Crippen molar-refractivity contribution in [1.29, 1.82) is 0 Å². The molecular formula is C31H50N4O3. The van der Waals surface area contributed by atoms with E-state index in [0.29, 0.717) is 26.1 Å². The Morgan fingerprint density at radius 2 is 1.47 bits per heavy atom. The normalized spacial score (nSPS) is 14.3. The number of imidazole rings is 1. The van der Waals surface area contributed by atoms with E-state index in [1.165, 1.54) is 57.8 Å². The van der Waals surface area contributed by atoms with Gasteiger partial charge in [0.05, 0.1) is 17.6 Å². The number of hydrogen-bond donors (Lipinski definition) is 1. The highest BCUT2D eigenvalue weighted by Gasteiger charge is 2.27. The number of H-pyrrole nitrogens is 1. The number of piperidine rings is 1. The monoisotopic (exact) mass is 526 g/mol. The van der Waals surface area contributed by atoms with Crippen LogP contribution < -0.4 is 5.69 Å². The number of nitrogens with one attached hydrogen (secondary N) is 1. The SMILES string of the molecule is CCCCCCCCCCCCCC(=O)N(CCC)CC(=O)N1CCC(n2c(=O)[nH]c3ccccc32)CC1. The van der Waals surface area contributed by atoms with E-state index in [1.807, 2.05) is 33.7 Å². The lowest BCUT2D eigenvalue weighted by Crippen LogP contribution is -2.46. The number of nitrogens with zero attached hydrogens (tertiary/aromatic N) is 3. The van der Waals surface area contributed by atoms with Gasteiger partial charge in [-0.1, -0.05) is 90.2 Å². The van der Waals surface area contributed by atoms with Gasteiger partial charge in [0.2, 0.25) is 11.8 Å². The molecule has 0 saturated carbocycles. The van der Waals surface area contributed by atoms with Crippen molar-refractivity contribution in [3.8, 4) is 0 Å². The first-order valence-electron chi connectivity index (χ1n) is 15.3. The predicted octanol–water partition coefficient (Wildman–Crippen LogP) is 6.43. The molecule has 1 N–H and O–H groups in total. The van der Waals surface area contributed by atoms with Crippen LogP contribution in [0.5, 0.6) is 0 Å². The summed E-state index contributed by atoms with van der Waals surface area (Å²) in [7, 11) is 0. The summed E-state index contributed by atoms with van der Waals surface area (Å²) in [6.07, 6.45) is 16.8. The third-order valence-corrected chi connectivity index (χ3v) is 7.97. The number of rotatable bonds is 17. The second-order valence-corrected chi connectivity index (χ2v) is 11.0. The van der Waals surface area contributed by atoms with E-state index in [-0.39, 0.29) is 30.1 Å². The first-order valence-corrected chi connectivity index (χ1v) is 15.3. The van der Waals surface area contributed by atoms with Gasteiger partial charge < -0.3 is 14.8 Å². The Kier molecular flexibility index (Phi) is 12.9. The summed E-state index contributed by atoms with van der Waals surface area (Å²) in [5, 5.41) is 0. The fourth-order valence-corrected chi connectivity index (χ4v) is 5.73. The summed E-state index contributed by atoms with van der Waals surface area (Å²) < 4.78 is 1.84. The molecule has 3 rings (SSSR count). The largest absolute Gasteiger partial charge is 0.341 e. The van der Waals surface area contributed by atoms with Crippen LogP contribution in [0.1, 0.15) is 116 Å². The van der Waals surface area contributed by atoms with Gasteiger partial charge in [-0.2, -0.15) is 0 Å². The molecule has 2 aromatic rings. The molecule has 1 aliphatic heterocycles. The van der Waals surface area contributed by atoms with Crippen molar-refractivity contribution < 1.29 is 9.59 Å². The van der Waals surface area contributed by atoms with Crippen molar-refractivity contribution in [2.24, 2.45) is 0 Å². The predicted molar refractivity (Wildman–Crippen MR) is 155 cm³/mol. The zero-order valence-electron chi connectivity index (χ0n) is 23.9. The smallest absolute Gasteiger partial charge is 0.326 e. The van der Waals surface area contributed by atoms with E-state index >= 15 is 0 Å². The summed E-state index contributed by atoms with van der Waals surface area (Å²) in [6, 6.07) is 7.83. The number of fused-ring (bicyclic) bond motifs is 1. The Bertz CT molecular complexity index is 1040. The van der Waals surface area contributed by atoms with Gasteiger partial charge in [0, 0.05) is 32.1 Å². The quantitative estimate of drug-likeness (QED) is 0.241. The van der Waals surface area contributed by atoms with Crippen molar-refractivity contribution in [2.75, 3.05) is 26.2 Å². The van der Waals surface area contributed by atoms with Crippen molar-refractivity contribution in [2.45, 2.75) is 116 Å². The molecule has 0 radical (unpaired) electrons. The number of carbonyl (C=O) groups is 2. The number of unbranched alkanes of at least 4 members (excludes halogenated alkanes) is 10. The third kappa shape index (κ3) is 9.02. The number of carbonyl (C=O) groups excluding carboxylic acids is 2. The Morgan fingerprint density at radius 3 is 2.11 bits per heavy atom. The summed E-state index contributed by atoms with van der Waals surface area (Å²) in [5.74, 6) is 0.131. The van der Waals surface area contributed by atoms with Crippen LogP contribution in [0.4, 0.5) is 0 Å². The highest BCUT2D eigenvalue weighted by atomic mass is 16.2. The fourth-order valence-electron chi connectivity index (χ4n) is 5.73. The number of aromatic amines is 1. The van der Waals surface area contributed by atoms with E-state index in [2.05, 4.69) is 18.8 Å². The van der Waals surface area contributed by atoms with Gasteiger partial charge in [-0.05, 0) is 37.8 Å². The summed E-state index contributed by atoms with van der Waals surface area (Å²) in [6.45, 7) is 6.33. The molecule has 0 spiro atoms. The first-order chi connectivity index (χ1) is 18.5. The maximum atomic E-state index is 13.1. The molecule has 1 saturated heterocycles. The highest BCUT2D eigenvalue weighted by Crippen LogP contribution is 2.25. The molecule has 1 fully saturated rings. The average Bonchev–Trinajstić information content (AvgIpc) is 3.27. The summed E-state index contributed by atoms with van der Waals surface area (Å²) in [4.78, 5) is 45.1. The van der Waals surface area contributed by atoms with Gasteiger partial charge in [0.1, 0.15) is 0 Å². The minimum atomic E-state index is -0.0851. The van der Waals surface area contributed by atoms with Crippen LogP contribution >= 0.6 is 0 Å². The summed E-state index contributed by atoms with van der Waals surface area (Å²) >= 11 is 0. The fraction of sp³-hybridized carbons (Fsp3) is 0.710. The van der Waals surface area contributed by atoms with Gasteiger partial charge >= 0.3 is 5.69 Å². The lowest BCUT2D eigenvalue weighted by molar-refractivity contribution is -0.141. The van der Waals surface area contributed by atoms with E-state index in [4.69, 9.17) is 0 Å². The lowest BCUT2D eigenvalue weighted by atomic mass is 10.0. The molecular weight excluding hydrogens is 476 g/mol. The number of aromatic nitrogens is 2. The maximum absolute atomic E-state index is 13.1. The van der Waals surface area contributed by atoms with Gasteiger partial charge in [0.15, 0.2) is 0 Å². The minimum absolute atomic E-state index is 0.0236. The molecule has 0 bridgehead atoms. The van der Waals surface area contributed by atoms with Gasteiger partial charge in [-0.15, -0.1) is 0 Å². The lowest BCUT2D eigenvalue weighted by Gasteiger charge is -2.34. The van der Waals surface area contributed by atoms with Crippen LogP contribution in [0.3, 0.4) is 0 Å². The van der Waals surface area contributed by atoms with Crippen LogP contribution in [-0.4, -0.2) is 57.3 Å². The molecule has 1 aromatic carbocycles. The van der Waals surface area contributed by atoms with Crippen molar-refractivity contribution in [1.82, 2.24) is 19.4 Å². The minimum Gasteiger partial charge on any atom is -0.341 e. The molecule has 2 amide bonds. The Morgan fingerprint density at radius 1 is 0.868 bits per heavy atom. The van der Waals surface area contributed by atoms with Crippen molar-refractivity contribution >= 4 is 22.8 Å². The van der Waals surface area contributed by atoms with Crippen LogP contribution in [0.25, 0.3) is 11.0 Å². The van der Waals surface area contributed by atoms with E-state index in [9.17, 15) is 14.4 Å². The second-order valence-electron chi connectivity index (χ2n) is 11.0. The molecule has 212 valence electrons. The number of amides is 2. The number of likely N-dealkylation sites (tertiary alicyclic amines) is 1. The van der Waals surface area contributed by atoms with Crippen LogP contribution in [0.2, 0.25) is 0 Å². The highest BCUT2D eigenvalue weighted by molar-refractivity contribution is 5.85. The summed E-state index contributed by atoms with van der Waals surface area (Å²) in [5.41, 5.74) is 1.69. The van der Waals surface area contributed by atoms with Gasteiger partial charge in [-0.3, -0.25) is 14.2 Å². The zero-order valence-corrected chi connectivity index (χ0v) is 23.9. The Hall–Kier alpha value is -2.57. The molecule has 0 atom stereocenters. The number of benzene rings is 1. The van der Waals surface area contributed by atoms with E-state index in [1.54, 1.807) is 4.90 Å². The number of para-hydroxylation sites is 2. The standard InChI is InChI=1S/C31H50N4O3/c1-3-5-6-7-8-9-10-11-12-13-14-19-29(36)34(22-4-2)25-30(37)33-23-20-26(21-24-33)35-28-18-16-15-17-27(28)32-31(35)38/h15-18,26H,3-14,19-25H2,1-2H3,(H,32,38). The molecule has 0 unspecified atom stereocenters. The third-order valence-electron chi connectivity index (χ3n) is 7.97. The zero-order chi connectivity index (χ0) is 27.2. The molecule has 38 heavy (non-hydrogen) atoms. The van der Waals surface area contributed by atoms with Crippen LogP contribution in [-0.2, 0) is 9.59 Å². The topological polar surface area (TPSA) is 78.4 Å². The molecule has 7 nitrogen and oxygen atoms in total. The molecule has 0 aliphatic carbocycles. The first kappa shape index (κ1) is 30.0. The van der Waals surface area contributed by atoms with Crippen molar-refractivity contribution in [3.63, 3.8) is 0 Å². The van der Waals surface area contributed by atoms with Crippen molar-refractivity contribution in [3.05, 3.63) is 34.7 Å². The Labute approximate surface area is 229 Å². The van der Waals surface area contributed by atoms with Crippen LogP contribution in [0.15, 0.2) is 29.1 Å². The molecule has 2 heterocycles. The van der Waals surface area contributed by atoms with Crippen LogP contribution in [0, 0.1) is 0 Å². The van der Waals surface area contributed by atoms with E-state index < -0.39 is 0 Å². The second kappa shape index (κ2) is 16.4. The number of hydrogen-bond acceptors (Lipinski definition) is 3. The molecule has 1 aromatic heterocycles. The van der Waals surface area contributed by atoms with Gasteiger partial charge in [-0.25, -0.2) is 4.79 Å². The molecule has 7 heteroatoms.